The van der Waals surface area contributed by atoms with Crippen LogP contribution in [0.3, 0.4) is 0 Å². The van der Waals surface area contributed by atoms with Crippen LogP contribution in [0.25, 0.3) is 17.0 Å². The van der Waals surface area contributed by atoms with E-state index < -0.39 is 0 Å². The van der Waals surface area contributed by atoms with Crippen LogP contribution in [0.4, 0.5) is 9.18 Å². The Kier molecular flexibility index (Phi) is 6.01. The Hall–Kier alpha value is -2.86. The van der Waals surface area contributed by atoms with Crippen molar-refractivity contribution in [3.63, 3.8) is 0 Å². The van der Waals surface area contributed by atoms with E-state index >= 15 is 0 Å². The molecule has 3 aromatic rings. The molecule has 1 saturated heterocycles. The van der Waals surface area contributed by atoms with Crippen LogP contribution in [0.2, 0.25) is 0 Å². The van der Waals surface area contributed by atoms with E-state index in [1.807, 2.05) is 42.8 Å². The summed E-state index contributed by atoms with van der Waals surface area (Å²) in [6, 6.07) is 12.8. The largest absolute Gasteiger partial charge is 0.342 e. The molecule has 1 aliphatic rings. The fraction of sp³-hybridized carbons (Fsp3) is 0.280. The first-order chi connectivity index (χ1) is 14.9. The van der Waals surface area contributed by atoms with Crippen molar-refractivity contribution in [3.05, 3.63) is 76.1 Å². The van der Waals surface area contributed by atoms with Gasteiger partial charge < -0.3 is 4.57 Å². The molecule has 0 saturated carbocycles. The molecule has 0 radical (unpaired) electrons. The van der Waals surface area contributed by atoms with Gasteiger partial charge in [0.1, 0.15) is 5.82 Å². The number of hydrogen-bond donors (Lipinski definition) is 0. The molecule has 2 heterocycles. The van der Waals surface area contributed by atoms with Crippen molar-refractivity contribution in [2.75, 3.05) is 6.54 Å². The molecular formula is C25H25FN2O2S. The number of hydrogen-bond acceptors (Lipinski definition) is 3. The molecule has 0 spiro atoms. The van der Waals surface area contributed by atoms with Crippen LogP contribution < -0.4 is 0 Å². The van der Waals surface area contributed by atoms with Crippen LogP contribution in [0.15, 0.2) is 53.6 Å². The molecule has 6 heteroatoms. The van der Waals surface area contributed by atoms with Crippen molar-refractivity contribution >= 4 is 39.9 Å². The molecule has 160 valence electrons. The highest BCUT2D eigenvalue weighted by Crippen LogP contribution is 2.35. The monoisotopic (exact) mass is 436 g/mol. The number of carbonyl (C=O) groups is 2. The fourth-order valence-electron chi connectivity index (χ4n) is 3.96. The molecular weight excluding hydrogens is 411 g/mol. The summed E-state index contributed by atoms with van der Waals surface area (Å²) in [6.45, 7) is 6.86. The van der Waals surface area contributed by atoms with Gasteiger partial charge >= 0.3 is 0 Å². The van der Waals surface area contributed by atoms with E-state index in [0.717, 1.165) is 40.2 Å². The van der Waals surface area contributed by atoms with E-state index in [1.165, 1.54) is 11.0 Å². The topological polar surface area (TPSA) is 42.3 Å². The lowest BCUT2D eigenvalue weighted by molar-refractivity contribution is -0.123. The Labute approximate surface area is 185 Å². The summed E-state index contributed by atoms with van der Waals surface area (Å²) in [7, 11) is 0. The number of aromatic nitrogens is 1. The maximum Gasteiger partial charge on any atom is 0.293 e. The number of imide groups is 1. The maximum atomic E-state index is 14.3. The van der Waals surface area contributed by atoms with Gasteiger partial charge in [-0.15, -0.1) is 0 Å². The summed E-state index contributed by atoms with van der Waals surface area (Å²) in [5, 5.41) is 0.764. The highest BCUT2D eigenvalue weighted by molar-refractivity contribution is 8.18. The van der Waals surface area contributed by atoms with Gasteiger partial charge in [0.15, 0.2) is 0 Å². The first kappa shape index (κ1) is 21.4. The second-order valence-corrected chi connectivity index (χ2v) is 9.15. The van der Waals surface area contributed by atoms with E-state index in [-0.39, 0.29) is 22.9 Å². The minimum Gasteiger partial charge on any atom is -0.342 e. The van der Waals surface area contributed by atoms with Gasteiger partial charge in [-0.3, -0.25) is 14.5 Å². The van der Waals surface area contributed by atoms with Crippen molar-refractivity contribution in [3.8, 4) is 0 Å². The number of amides is 2. The molecule has 31 heavy (non-hydrogen) atoms. The average molecular weight is 437 g/mol. The number of rotatable bonds is 6. The molecule has 0 unspecified atom stereocenters. The van der Waals surface area contributed by atoms with Gasteiger partial charge in [0.2, 0.25) is 0 Å². The first-order valence-electron chi connectivity index (χ1n) is 10.5. The number of nitrogens with zero attached hydrogens (tertiary/aromatic N) is 2. The van der Waals surface area contributed by atoms with Gasteiger partial charge in [0.25, 0.3) is 11.1 Å². The summed E-state index contributed by atoms with van der Waals surface area (Å²) in [5.41, 5.74) is 3.65. The first-order valence-corrected chi connectivity index (χ1v) is 11.3. The molecule has 1 aliphatic heterocycles. The molecule has 2 amide bonds. The highest BCUT2D eigenvalue weighted by Gasteiger charge is 2.35. The summed E-state index contributed by atoms with van der Waals surface area (Å²) < 4.78 is 16.4. The molecule has 4 rings (SSSR count). The molecule has 0 bridgehead atoms. The van der Waals surface area contributed by atoms with Gasteiger partial charge in [0, 0.05) is 29.3 Å². The van der Waals surface area contributed by atoms with E-state index in [4.69, 9.17) is 0 Å². The molecule has 0 N–H and O–H groups in total. The van der Waals surface area contributed by atoms with Crippen LogP contribution >= 0.6 is 11.8 Å². The third kappa shape index (κ3) is 4.17. The Balaban J connectivity index is 1.79. The van der Waals surface area contributed by atoms with Crippen molar-refractivity contribution in [1.82, 2.24) is 9.47 Å². The van der Waals surface area contributed by atoms with Crippen molar-refractivity contribution in [1.29, 1.82) is 0 Å². The SMILES string of the molecule is CCc1cccc2c(/C=C3\SC(=O)N(CC(C)C)C3=O)cn(Cc3ccccc3F)c12. The molecule has 1 aromatic heterocycles. The number of carbonyl (C=O) groups excluding carboxylic acids is 2. The molecule has 2 aromatic carbocycles. The summed E-state index contributed by atoms with van der Waals surface area (Å²) in [6.07, 6.45) is 4.58. The van der Waals surface area contributed by atoms with Gasteiger partial charge in [-0.1, -0.05) is 57.2 Å². The smallest absolute Gasteiger partial charge is 0.293 e. The number of fused-ring (bicyclic) bond motifs is 1. The van der Waals surface area contributed by atoms with Gasteiger partial charge in [-0.05, 0) is 41.8 Å². The normalized spacial score (nSPS) is 15.8. The highest BCUT2D eigenvalue weighted by atomic mass is 32.2. The standard InChI is InChI=1S/C25H25FN2O2S/c1-4-17-9-7-10-20-19(12-22-24(29)28(13-16(2)3)25(30)31-22)15-27(23(17)20)14-18-8-5-6-11-21(18)26/h5-12,15-16H,4,13-14H2,1-3H3/b22-12-. The lowest BCUT2D eigenvalue weighted by atomic mass is 10.1. The van der Waals surface area contributed by atoms with Gasteiger partial charge in [0.05, 0.1) is 17.0 Å². The van der Waals surface area contributed by atoms with Crippen LogP contribution in [-0.2, 0) is 17.8 Å². The Morgan fingerprint density at radius 1 is 1.06 bits per heavy atom. The predicted molar refractivity (Wildman–Crippen MR) is 124 cm³/mol. The predicted octanol–water partition coefficient (Wildman–Crippen LogP) is 6.08. The Morgan fingerprint density at radius 3 is 2.52 bits per heavy atom. The summed E-state index contributed by atoms with van der Waals surface area (Å²) in [5.74, 6) is -0.275. The van der Waals surface area contributed by atoms with Crippen molar-refractivity contribution < 1.29 is 14.0 Å². The van der Waals surface area contributed by atoms with Crippen LogP contribution in [0.5, 0.6) is 0 Å². The molecule has 1 fully saturated rings. The average Bonchev–Trinajstić information content (AvgIpc) is 3.22. The third-order valence-corrected chi connectivity index (χ3v) is 6.31. The van der Waals surface area contributed by atoms with Crippen molar-refractivity contribution in [2.45, 2.75) is 33.7 Å². The van der Waals surface area contributed by atoms with Gasteiger partial charge in [-0.2, -0.15) is 0 Å². The summed E-state index contributed by atoms with van der Waals surface area (Å²) >= 11 is 0.982. The van der Waals surface area contributed by atoms with Crippen LogP contribution in [0.1, 0.15) is 37.5 Å². The molecule has 0 atom stereocenters. The Morgan fingerprint density at radius 2 is 1.81 bits per heavy atom. The maximum absolute atomic E-state index is 14.3. The van der Waals surface area contributed by atoms with E-state index in [0.29, 0.717) is 23.6 Å². The zero-order valence-corrected chi connectivity index (χ0v) is 18.7. The number of halogens is 1. The fourth-order valence-corrected chi connectivity index (χ4v) is 4.80. The minimum atomic E-state index is -0.245. The second kappa shape index (κ2) is 8.71. The zero-order chi connectivity index (χ0) is 22.1. The van der Waals surface area contributed by atoms with Crippen LogP contribution in [-0.4, -0.2) is 27.2 Å². The number of aryl methyl sites for hydroxylation is 1. The van der Waals surface area contributed by atoms with E-state index in [9.17, 15) is 14.0 Å². The zero-order valence-electron chi connectivity index (χ0n) is 17.9. The lowest BCUT2D eigenvalue weighted by Gasteiger charge is -2.14. The number of thioether (sulfide) groups is 1. The quantitative estimate of drug-likeness (QED) is 0.440. The number of benzene rings is 2. The number of para-hydroxylation sites is 1. The minimum absolute atomic E-state index is 0.211. The lowest BCUT2D eigenvalue weighted by Crippen LogP contribution is -2.31. The van der Waals surface area contributed by atoms with Gasteiger partial charge in [-0.25, -0.2) is 4.39 Å². The second-order valence-electron chi connectivity index (χ2n) is 8.16. The van der Waals surface area contributed by atoms with Crippen LogP contribution in [0, 0.1) is 11.7 Å². The third-order valence-electron chi connectivity index (χ3n) is 5.40. The molecule has 4 nitrogen and oxygen atoms in total. The van der Waals surface area contributed by atoms with Crippen molar-refractivity contribution in [2.24, 2.45) is 5.92 Å². The molecule has 0 aliphatic carbocycles. The van der Waals surface area contributed by atoms with E-state index in [1.54, 1.807) is 18.2 Å². The Bertz CT molecular complexity index is 1200. The van der Waals surface area contributed by atoms with E-state index in [2.05, 4.69) is 13.0 Å². The summed E-state index contributed by atoms with van der Waals surface area (Å²) in [4.78, 5) is 26.9.